The third-order valence-corrected chi connectivity index (χ3v) is 4.06. The van der Waals surface area contributed by atoms with Crippen LogP contribution >= 0.6 is 22.9 Å². The van der Waals surface area contributed by atoms with E-state index in [2.05, 4.69) is 0 Å². The third kappa shape index (κ3) is 2.17. The molecule has 1 amide bonds. The molecule has 1 aliphatic carbocycles. The molecule has 0 bridgehead atoms. The van der Waals surface area contributed by atoms with Gasteiger partial charge in [-0.1, -0.05) is 11.6 Å². The lowest BCUT2D eigenvalue weighted by Crippen LogP contribution is -2.27. The zero-order valence-electron chi connectivity index (χ0n) is 8.57. The molecule has 2 rings (SSSR count). The summed E-state index contributed by atoms with van der Waals surface area (Å²) in [6.07, 6.45) is 0.906. The van der Waals surface area contributed by atoms with Crippen molar-refractivity contribution in [2.24, 2.45) is 5.92 Å². The Balaban J connectivity index is 1.99. The monoisotopic (exact) mass is 245 g/mol. The van der Waals surface area contributed by atoms with Gasteiger partial charge in [-0.05, 0) is 12.5 Å². The normalized spacial score (nSPS) is 23.9. The first kappa shape index (κ1) is 10.9. The first-order chi connectivity index (χ1) is 7.13. The molecule has 0 saturated heterocycles. The van der Waals surface area contributed by atoms with Gasteiger partial charge in [0.25, 0.3) is 0 Å². The zero-order chi connectivity index (χ0) is 11.0. The van der Waals surface area contributed by atoms with Crippen LogP contribution in [-0.2, 0) is 9.63 Å². The molecule has 1 saturated carbocycles. The number of hydroxylamine groups is 2. The average Bonchev–Trinajstić information content (AvgIpc) is 2.92. The minimum absolute atomic E-state index is 0.0482. The van der Waals surface area contributed by atoms with Crippen LogP contribution in [0.25, 0.3) is 0 Å². The summed E-state index contributed by atoms with van der Waals surface area (Å²) in [5.41, 5.74) is 0. The van der Waals surface area contributed by atoms with Crippen molar-refractivity contribution in [3.8, 4) is 0 Å². The molecule has 3 nitrogen and oxygen atoms in total. The molecule has 0 N–H and O–H groups in total. The first-order valence-electron chi connectivity index (χ1n) is 4.69. The first-order valence-corrected chi connectivity index (χ1v) is 5.95. The molecule has 1 heterocycles. The van der Waals surface area contributed by atoms with Crippen molar-refractivity contribution in [1.82, 2.24) is 5.06 Å². The van der Waals surface area contributed by atoms with Gasteiger partial charge >= 0.3 is 0 Å². The molecule has 82 valence electrons. The lowest BCUT2D eigenvalue weighted by atomic mass is 10.2. The van der Waals surface area contributed by atoms with E-state index < -0.39 is 0 Å². The van der Waals surface area contributed by atoms with Crippen LogP contribution in [0.5, 0.6) is 0 Å². The Morgan fingerprint density at radius 1 is 1.73 bits per heavy atom. The fourth-order valence-electron chi connectivity index (χ4n) is 1.63. The minimum Gasteiger partial charge on any atom is -0.275 e. The molecule has 0 spiro atoms. The second-order valence-corrected chi connectivity index (χ2v) is 5.01. The molecule has 2 atom stereocenters. The Kier molecular flexibility index (Phi) is 3.00. The highest BCUT2D eigenvalue weighted by Gasteiger charge is 2.46. The van der Waals surface area contributed by atoms with Crippen LogP contribution in [0.2, 0.25) is 5.02 Å². The van der Waals surface area contributed by atoms with Gasteiger partial charge in [-0.2, -0.15) is 0 Å². The Bertz CT molecular complexity index is 379. The molecule has 1 fully saturated rings. The summed E-state index contributed by atoms with van der Waals surface area (Å²) in [6.45, 7) is 0. The molecule has 0 aliphatic heterocycles. The van der Waals surface area contributed by atoms with Gasteiger partial charge in [-0.25, -0.2) is 5.06 Å². The number of rotatable bonds is 3. The molecule has 0 radical (unpaired) electrons. The highest BCUT2D eigenvalue weighted by Crippen LogP contribution is 2.50. The van der Waals surface area contributed by atoms with E-state index in [4.69, 9.17) is 16.4 Å². The van der Waals surface area contributed by atoms with E-state index in [0.29, 0.717) is 5.92 Å². The zero-order valence-corrected chi connectivity index (χ0v) is 10.1. The van der Waals surface area contributed by atoms with Crippen LogP contribution in [-0.4, -0.2) is 25.1 Å². The van der Waals surface area contributed by atoms with Gasteiger partial charge in [0.1, 0.15) is 0 Å². The Labute approximate surface area is 97.5 Å². The Morgan fingerprint density at radius 3 is 3.00 bits per heavy atom. The number of thiophene rings is 1. The fourth-order valence-corrected chi connectivity index (χ4v) is 2.89. The van der Waals surface area contributed by atoms with E-state index in [1.807, 2.05) is 11.4 Å². The van der Waals surface area contributed by atoms with Crippen molar-refractivity contribution >= 4 is 28.8 Å². The number of hydrogen-bond donors (Lipinski definition) is 0. The maximum Gasteiger partial charge on any atom is 0.249 e. The number of carbonyl (C=O) groups is 1. The van der Waals surface area contributed by atoms with Crippen LogP contribution < -0.4 is 0 Å². The summed E-state index contributed by atoms with van der Waals surface area (Å²) in [7, 11) is 3.14. The largest absolute Gasteiger partial charge is 0.275 e. The van der Waals surface area contributed by atoms with Crippen molar-refractivity contribution < 1.29 is 9.63 Å². The molecular formula is C10H12ClNO2S. The Hall–Kier alpha value is -0.580. The summed E-state index contributed by atoms with van der Waals surface area (Å²) < 4.78 is 0. The van der Waals surface area contributed by atoms with E-state index in [1.165, 1.54) is 17.1 Å². The van der Waals surface area contributed by atoms with Crippen LogP contribution in [0.15, 0.2) is 11.4 Å². The van der Waals surface area contributed by atoms with Gasteiger partial charge in [0.2, 0.25) is 5.91 Å². The lowest BCUT2D eigenvalue weighted by molar-refractivity contribution is -0.170. The molecular weight excluding hydrogens is 234 g/mol. The van der Waals surface area contributed by atoms with Crippen molar-refractivity contribution in [1.29, 1.82) is 0 Å². The predicted octanol–water partition coefficient (Wildman–Crippen LogP) is 2.52. The highest BCUT2D eigenvalue weighted by molar-refractivity contribution is 7.10. The standard InChI is InChI=1S/C10H12ClNO2S/c1-12(14-2)10(13)8-4-7(8)9-3-6(11)5-15-9/h3,5,7-8H,4H2,1-2H3/t7-,8-/m0/s1. The van der Waals surface area contributed by atoms with Crippen LogP contribution in [0.3, 0.4) is 0 Å². The van der Waals surface area contributed by atoms with Crippen LogP contribution in [0, 0.1) is 5.92 Å². The molecule has 0 unspecified atom stereocenters. The van der Waals surface area contributed by atoms with Gasteiger partial charge < -0.3 is 0 Å². The molecule has 1 aromatic rings. The fraction of sp³-hybridized carbons (Fsp3) is 0.500. The number of hydrogen-bond acceptors (Lipinski definition) is 3. The van der Waals surface area contributed by atoms with Gasteiger partial charge in [0.15, 0.2) is 0 Å². The van der Waals surface area contributed by atoms with E-state index in [9.17, 15) is 4.79 Å². The second kappa shape index (κ2) is 4.12. The lowest BCUT2D eigenvalue weighted by Gasteiger charge is -2.12. The molecule has 5 heteroatoms. The van der Waals surface area contributed by atoms with Crippen LogP contribution in [0.1, 0.15) is 17.2 Å². The maximum atomic E-state index is 11.7. The molecule has 15 heavy (non-hydrogen) atoms. The molecule has 1 aromatic heterocycles. The number of carbonyl (C=O) groups excluding carboxylic acids is 1. The highest BCUT2D eigenvalue weighted by atomic mass is 35.5. The molecule has 0 aromatic carbocycles. The van der Waals surface area contributed by atoms with Crippen molar-refractivity contribution in [3.63, 3.8) is 0 Å². The summed E-state index contributed by atoms with van der Waals surface area (Å²) in [6, 6.07) is 1.94. The van der Waals surface area contributed by atoms with E-state index in [-0.39, 0.29) is 11.8 Å². The smallest absolute Gasteiger partial charge is 0.249 e. The SMILES string of the molecule is CON(C)C(=O)[C@H]1C[C@@H]1c1cc(Cl)cs1. The second-order valence-electron chi connectivity index (χ2n) is 3.63. The minimum atomic E-state index is 0.0482. The van der Waals surface area contributed by atoms with Crippen molar-refractivity contribution in [2.75, 3.05) is 14.2 Å². The number of amides is 1. The summed E-state index contributed by atoms with van der Waals surface area (Å²) >= 11 is 7.46. The summed E-state index contributed by atoms with van der Waals surface area (Å²) in [5, 5.41) is 3.95. The van der Waals surface area contributed by atoms with Gasteiger partial charge in [-0.3, -0.25) is 9.63 Å². The average molecular weight is 246 g/mol. The van der Waals surface area contributed by atoms with Crippen molar-refractivity contribution in [2.45, 2.75) is 12.3 Å². The number of halogens is 1. The maximum absolute atomic E-state index is 11.7. The van der Waals surface area contributed by atoms with Crippen molar-refractivity contribution in [3.05, 3.63) is 21.3 Å². The number of nitrogens with zero attached hydrogens (tertiary/aromatic N) is 1. The van der Waals surface area contributed by atoms with Gasteiger partial charge in [0.05, 0.1) is 12.1 Å². The predicted molar refractivity (Wildman–Crippen MR) is 60.0 cm³/mol. The molecule has 1 aliphatic rings. The summed E-state index contributed by atoms with van der Waals surface area (Å²) in [4.78, 5) is 17.8. The van der Waals surface area contributed by atoms with Gasteiger partial charge in [0, 0.05) is 29.1 Å². The summed E-state index contributed by atoms with van der Waals surface area (Å²) in [5.74, 6) is 0.462. The third-order valence-electron chi connectivity index (χ3n) is 2.65. The Morgan fingerprint density at radius 2 is 2.47 bits per heavy atom. The quantitative estimate of drug-likeness (QED) is 0.766. The van der Waals surface area contributed by atoms with Crippen LogP contribution in [0.4, 0.5) is 0 Å². The van der Waals surface area contributed by atoms with E-state index >= 15 is 0 Å². The van der Waals surface area contributed by atoms with E-state index in [0.717, 1.165) is 11.4 Å². The topological polar surface area (TPSA) is 29.5 Å². The van der Waals surface area contributed by atoms with Gasteiger partial charge in [-0.15, -0.1) is 11.3 Å². The van der Waals surface area contributed by atoms with E-state index in [1.54, 1.807) is 18.4 Å².